The molecule has 7 nitrogen and oxygen atoms in total. The second kappa shape index (κ2) is 8.35. The molecular formula is C22H19N5O2. The molecule has 1 amide bonds. The molecule has 144 valence electrons. The number of carbonyl (C=O) groups excluding carboxylic acids is 1. The number of hydrogen-bond acceptors (Lipinski definition) is 5. The second-order valence-electron chi connectivity index (χ2n) is 6.33. The van der Waals surface area contributed by atoms with Gasteiger partial charge in [-0.1, -0.05) is 18.2 Å². The third kappa shape index (κ3) is 4.47. The van der Waals surface area contributed by atoms with E-state index in [-0.39, 0.29) is 12.5 Å². The van der Waals surface area contributed by atoms with Crippen molar-refractivity contribution in [3.8, 4) is 28.4 Å². The van der Waals surface area contributed by atoms with Crippen molar-refractivity contribution >= 4 is 11.6 Å². The minimum absolute atomic E-state index is 0.119. The van der Waals surface area contributed by atoms with Gasteiger partial charge in [-0.2, -0.15) is 5.10 Å². The fraction of sp³-hybridized carbons (Fsp3) is 0.0909. The highest BCUT2D eigenvalue weighted by Gasteiger charge is 2.09. The smallest absolute Gasteiger partial charge is 0.246 e. The summed E-state index contributed by atoms with van der Waals surface area (Å²) in [5.41, 5.74) is 3.33. The Morgan fingerprint density at radius 1 is 1.00 bits per heavy atom. The molecule has 0 saturated heterocycles. The summed E-state index contributed by atoms with van der Waals surface area (Å²) in [6, 6.07) is 18.7. The van der Waals surface area contributed by atoms with E-state index in [1.54, 1.807) is 60.7 Å². The average Bonchev–Trinajstić information content (AvgIpc) is 3.23. The van der Waals surface area contributed by atoms with E-state index in [2.05, 4.69) is 20.4 Å². The molecule has 0 radical (unpaired) electrons. The molecule has 0 atom stereocenters. The van der Waals surface area contributed by atoms with Crippen molar-refractivity contribution < 1.29 is 9.53 Å². The SMILES string of the molecule is COc1ccc(NC(=O)Cn2ccc(-c3cccc(-c4ncccn4)c3)n2)cc1. The molecule has 0 aliphatic rings. The van der Waals surface area contributed by atoms with Crippen molar-refractivity contribution in [2.45, 2.75) is 6.54 Å². The lowest BCUT2D eigenvalue weighted by Gasteiger charge is -2.06. The van der Waals surface area contributed by atoms with Crippen LogP contribution in [0.4, 0.5) is 5.69 Å². The summed E-state index contributed by atoms with van der Waals surface area (Å²) >= 11 is 0. The van der Waals surface area contributed by atoms with Crippen LogP contribution in [0.5, 0.6) is 5.75 Å². The molecule has 7 heteroatoms. The van der Waals surface area contributed by atoms with Gasteiger partial charge in [0.1, 0.15) is 12.3 Å². The van der Waals surface area contributed by atoms with E-state index in [0.717, 1.165) is 22.6 Å². The number of anilines is 1. The molecule has 1 N–H and O–H groups in total. The summed E-state index contributed by atoms with van der Waals surface area (Å²) in [5.74, 6) is 1.24. The van der Waals surface area contributed by atoms with Crippen molar-refractivity contribution in [2.75, 3.05) is 12.4 Å². The number of nitrogens with one attached hydrogen (secondary N) is 1. The maximum absolute atomic E-state index is 12.3. The first-order valence-electron chi connectivity index (χ1n) is 9.06. The van der Waals surface area contributed by atoms with Crippen molar-refractivity contribution in [1.82, 2.24) is 19.7 Å². The summed E-state index contributed by atoms with van der Waals surface area (Å²) in [6.07, 6.45) is 5.21. The maximum atomic E-state index is 12.3. The van der Waals surface area contributed by atoms with Crippen molar-refractivity contribution in [3.63, 3.8) is 0 Å². The zero-order chi connectivity index (χ0) is 20.1. The van der Waals surface area contributed by atoms with E-state index in [9.17, 15) is 4.79 Å². The molecule has 0 aliphatic carbocycles. The quantitative estimate of drug-likeness (QED) is 0.548. The van der Waals surface area contributed by atoms with E-state index >= 15 is 0 Å². The monoisotopic (exact) mass is 385 g/mol. The summed E-state index contributed by atoms with van der Waals surface area (Å²) in [6.45, 7) is 0.119. The van der Waals surface area contributed by atoms with Crippen LogP contribution in [-0.2, 0) is 11.3 Å². The number of methoxy groups -OCH3 is 1. The van der Waals surface area contributed by atoms with E-state index < -0.39 is 0 Å². The first kappa shape index (κ1) is 18.4. The number of hydrogen-bond donors (Lipinski definition) is 1. The van der Waals surface area contributed by atoms with E-state index in [0.29, 0.717) is 11.5 Å². The van der Waals surface area contributed by atoms with Gasteiger partial charge >= 0.3 is 0 Å². The number of amides is 1. The third-order valence-electron chi connectivity index (χ3n) is 4.30. The van der Waals surface area contributed by atoms with E-state index in [1.807, 2.05) is 30.3 Å². The van der Waals surface area contributed by atoms with Crippen molar-refractivity contribution in [1.29, 1.82) is 0 Å². The van der Waals surface area contributed by atoms with Crippen LogP contribution < -0.4 is 10.1 Å². The third-order valence-corrected chi connectivity index (χ3v) is 4.30. The van der Waals surface area contributed by atoms with Crippen LogP contribution in [0.25, 0.3) is 22.6 Å². The standard InChI is InChI=1S/C22H19N5O2/c1-29-19-8-6-18(7-9-19)25-21(28)15-27-13-10-20(26-27)16-4-2-5-17(14-16)22-23-11-3-12-24-22/h2-14H,15H2,1H3,(H,25,28). The molecule has 4 rings (SSSR count). The van der Waals surface area contributed by atoms with Crippen LogP contribution in [-0.4, -0.2) is 32.8 Å². The Labute approximate surface area is 168 Å². The van der Waals surface area contributed by atoms with Gasteiger partial charge in [0.15, 0.2) is 5.82 Å². The summed E-state index contributed by atoms with van der Waals surface area (Å²) in [7, 11) is 1.60. The number of rotatable bonds is 6. The lowest BCUT2D eigenvalue weighted by molar-refractivity contribution is -0.116. The number of benzene rings is 2. The topological polar surface area (TPSA) is 81.9 Å². The number of carbonyl (C=O) groups is 1. The first-order valence-corrected chi connectivity index (χ1v) is 9.06. The lowest BCUT2D eigenvalue weighted by Crippen LogP contribution is -2.19. The maximum Gasteiger partial charge on any atom is 0.246 e. The zero-order valence-corrected chi connectivity index (χ0v) is 15.8. The second-order valence-corrected chi connectivity index (χ2v) is 6.33. The Morgan fingerprint density at radius 3 is 2.52 bits per heavy atom. The molecule has 0 saturated carbocycles. The number of ether oxygens (including phenoxy) is 1. The highest BCUT2D eigenvalue weighted by molar-refractivity contribution is 5.90. The van der Waals surface area contributed by atoms with Gasteiger partial charge in [-0.15, -0.1) is 0 Å². The Balaban J connectivity index is 1.45. The predicted octanol–water partition coefficient (Wildman–Crippen LogP) is 3.65. The van der Waals surface area contributed by atoms with Gasteiger partial charge in [0.2, 0.25) is 5.91 Å². The highest BCUT2D eigenvalue weighted by atomic mass is 16.5. The van der Waals surface area contributed by atoms with Gasteiger partial charge in [-0.3, -0.25) is 9.48 Å². The van der Waals surface area contributed by atoms with Gasteiger partial charge in [-0.05, 0) is 42.5 Å². The van der Waals surface area contributed by atoms with Gasteiger partial charge in [0.05, 0.1) is 12.8 Å². The van der Waals surface area contributed by atoms with Crippen LogP contribution in [0.15, 0.2) is 79.3 Å². The summed E-state index contributed by atoms with van der Waals surface area (Å²) in [4.78, 5) is 20.9. The molecule has 2 heterocycles. The Morgan fingerprint density at radius 2 is 1.76 bits per heavy atom. The molecule has 29 heavy (non-hydrogen) atoms. The molecule has 0 bridgehead atoms. The van der Waals surface area contributed by atoms with Crippen LogP contribution in [0.2, 0.25) is 0 Å². The molecule has 0 spiro atoms. The number of nitrogens with zero attached hydrogens (tertiary/aromatic N) is 4. The van der Waals surface area contributed by atoms with Crippen molar-refractivity contribution in [3.05, 3.63) is 79.3 Å². The first-order chi connectivity index (χ1) is 14.2. The van der Waals surface area contributed by atoms with Gasteiger partial charge in [-0.25, -0.2) is 9.97 Å². The van der Waals surface area contributed by atoms with Gasteiger partial charge in [0.25, 0.3) is 0 Å². The summed E-state index contributed by atoms with van der Waals surface area (Å²) < 4.78 is 6.73. The summed E-state index contributed by atoms with van der Waals surface area (Å²) in [5, 5.41) is 7.37. The highest BCUT2D eigenvalue weighted by Crippen LogP contribution is 2.23. The van der Waals surface area contributed by atoms with E-state index in [1.165, 1.54) is 0 Å². The van der Waals surface area contributed by atoms with E-state index in [4.69, 9.17) is 4.74 Å². The van der Waals surface area contributed by atoms with Crippen LogP contribution in [0.1, 0.15) is 0 Å². The zero-order valence-electron chi connectivity index (χ0n) is 15.8. The molecule has 0 fully saturated rings. The fourth-order valence-electron chi connectivity index (χ4n) is 2.89. The average molecular weight is 385 g/mol. The largest absolute Gasteiger partial charge is 0.497 e. The normalized spacial score (nSPS) is 10.5. The lowest BCUT2D eigenvalue weighted by atomic mass is 10.1. The van der Waals surface area contributed by atoms with Crippen molar-refractivity contribution in [2.24, 2.45) is 0 Å². The molecule has 2 aromatic carbocycles. The predicted molar refractivity (Wildman–Crippen MR) is 110 cm³/mol. The molecule has 2 aromatic heterocycles. The van der Waals surface area contributed by atoms with Gasteiger partial charge in [0, 0.05) is 35.4 Å². The number of aromatic nitrogens is 4. The van der Waals surface area contributed by atoms with Crippen LogP contribution in [0, 0.1) is 0 Å². The Hall–Kier alpha value is -4.00. The van der Waals surface area contributed by atoms with Gasteiger partial charge < -0.3 is 10.1 Å². The minimum Gasteiger partial charge on any atom is -0.497 e. The van der Waals surface area contributed by atoms with Crippen LogP contribution >= 0.6 is 0 Å². The fourth-order valence-corrected chi connectivity index (χ4v) is 2.89. The molecular weight excluding hydrogens is 366 g/mol. The Kier molecular flexibility index (Phi) is 5.29. The molecule has 4 aromatic rings. The minimum atomic E-state index is -0.156. The van der Waals surface area contributed by atoms with Crippen LogP contribution in [0.3, 0.4) is 0 Å². The molecule has 0 unspecified atom stereocenters. The Bertz CT molecular complexity index is 1110. The molecule has 0 aliphatic heterocycles.